The molecule has 1 amide bonds. The molecular weight excluding hydrogens is 332 g/mol. The van der Waals surface area contributed by atoms with Crippen molar-refractivity contribution in [1.29, 1.82) is 0 Å². The van der Waals surface area contributed by atoms with Gasteiger partial charge in [-0.2, -0.15) is 4.31 Å². The summed E-state index contributed by atoms with van der Waals surface area (Å²) in [6.45, 7) is 7.00. The van der Waals surface area contributed by atoms with Crippen LogP contribution in [0.2, 0.25) is 0 Å². The van der Waals surface area contributed by atoms with Gasteiger partial charge in [0.1, 0.15) is 5.75 Å². The molecule has 8 heteroatoms. The highest BCUT2D eigenvalue weighted by Gasteiger charge is 2.26. The summed E-state index contributed by atoms with van der Waals surface area (Å²) in [6.07, 6.45) is 1.58. The third kappa shape index (κ3) is 4.56. The maximum atomic E-state index is 12.6. The van der Waals surface area contributed by atoms with E-state index in [9.17, 15) is 13.2 Å². The molecule has 1 heterocycles. The molecule has 1 aromatic carbocycles. The minimum atomic E-state index is -3.54. The number of sulfonamides is 1. The van der Waals surface area contributed by atoms with E-state index in [1.807, 2.05) is 0 Å². The van der Waals surface area contributed by atoms with Gasteiger partial charge in [0, 0.05) is 19.6 Å². The van der Waals surface area contributed by atoms with Crippen LogP contribution in [-0.4, -0.2) is 58.1 Å². The van der Waals surface area contributed by atoms with Crippen LogP contribution in [-0.2, 0) is 19.6 Å². The molecule has 0 aromatic heterocycles. The van der Waals surface area contributed by atoms with Gasteiger partial charge in [0.2, 0.25) is 10.0 Å². The van der Waals surface area contributed by atoms with Crippen LogP contribution in [0, 0.1) is 6.92 Å². The predicted octanol–water partition coefficient (Wildman–Crippen LogP) is 0.697. The van der Waals surface area contributed by atoms with Crippen molar-refractivity contribution >= 4 is 15.9 Å². The summed E-state index contributed by atoms with van der Waals surface area (Å²) in [7, 11) is -3.54. The number of rotatable bonds is 7. The van der Waals surface area contributed by atoms with Crippen molar-refractivity contribution in [2.24, 2.45) is 0 Å². The Labute approximate surface area is 142 Å². The molecule has 0 saturated carbocycles. The van der Waals surface area contributed by atoms with Crippen molar-refractivity contribution in [3.8, 4) is 5.75 Å². The molecule has 2 rings (SSSR count). The van der Waals surface area contributed by atoms with Gasteiger partial charge in [0.15, 0.2) is 6.61 Å². The first-order valence-corrected chi connectivity index (χ1v) is 9.08. The maximum absolute atomic E-state index is 12.6. The minimum Gasteiger partial charge on any atom is -0.484 e. The van der Waals surface area contributed by atoms with Crippen molar-refractivity contribution in [1.82, 2.24) is 9.62 Å². The van der Waals surface area contributed by atoms with Gasteiger partial charge in [-0.1, -0.05) is 6.08 Å². The van der Waals surface area contributed by atoms with E-state index >= 15 is 0 Å². The summed E-state index contributed by atoms with van der Waals surface area (Å²) < 4.78 is 37.2. The van der Waals surface area contributed by atoms with Gasteiger partial charge >= 0.3 is 0 Å². The monoisotopic (exact) mass is 354 g/mol. The standard InChI is InChI=1S/C16H22N2O5S/c1-3-6-17-16(19)12-23-15-5-4-14(11-13(15)2)24(20,21)18-7-9-22-10-8-18/h3-5,11H,1,6-10,12H2,2H3,(H,17,19). The van der Waals surface area contributed by atoms with Gasteiger partial charge in [0.25, 0.3) is 5.91 Å². The van der Waals surface area contributed by atoms with Crippen LogP contribution in [0.1, 0.15) is 5.56 Å². The quantitative estimate of drug-likeness (QED) is 0.729. The fourth-order valence-corrected chi connectivity index (χ4v) is 3.75. The highest BCUT2D eigenvalue weighted by molar-refractivity contribution is 7.89. The second-order valence-corrected chi connectivity index (χ2v) is 7.26. The molecule has 1 aliphatic heterocycles. The summed E-state index contributed by atoms with van der Waals surface area (Å²) >= 11 is 0. The average Bonchev–Trinajstić information content (AvgIpc) is 2.59. The van der Waals surface area contributed by atoms with E-state index in [-0.39, 0.29) is 17.4 Å². The Morgan fingerprint density at radius 2 is 2.12 bits per heavy atom. The Kier molecular flexibility index (Phi) is 6.36. The molecule has 0 unspecified atom stereocenters. The number of aryl methyl sites for hydroxylation is 1. The highest BCUT2D eigenvalue weighted by Crippen LogP contribution is 2.24. The molecule has 0 radical (unpaired) electrons. The molecule has 0 spiro atoms. The summed E-state index contributed by atoms with van der Waals surface area (Å²) in [5.41, 5.74) is 0.654. The number of carbonyl (C=O) groups excluding carboxylic acids is 1. The van der Waals surface area contributed by atoms with Crippen molar-refractivity contribution in [3.05, 3.63) is 36.4 Å². The van der Waals surface area contributed by atoms with Crippen LogP contribution in [0.5, 0.6) is 5.75 Å². The SMILES string of the molecule is C=CCNC(=O)COc1ccc(S(=O)(=O)N2CCOCC2)cc1C. The van der Waals surface area contributed by atoms with Crippen LogP contribution in [0.15, 0.2) is 35.7 Å². The van der Waals surface area contributed by atoms with Crippen molar-refractivity contribution in [2.45, 2.75) is 11.8 Å². The molecule has 0 atom stereocenters. The van der Waals surface area contributed by atoms with E-state index in [1.165, 1.54) is 10.4 Å². The molecule has 24 heavy (non-hydrogen) atoms. The minimum absolute atomic E-state index is 0.135. The van der Waals surface area contributed by atoms with E-state index < -0.39 is 10.0 Å². The number of morpholine rings is 1. The zero-order chi connectivity index (χ0) is 17.6. The van der Waals surface area contributed by atoms with E-state index in [4.69, 9.17) is 9.47 Å². The third-order valence-electron chi connectivity index (χ3n) is 3.56. The second kappa shape index (κ2) is 8.27. The molecule has 1 aliphatic rings. The molecule has 0 aliphatic carbocycles. The summed E-state index contributed by atoms with van der Waals surface area (Å²) in [5.74, 6) is 0.212. The number of ether oxygens (including phenoxy) is 2. The van der Waals surface area contributed by atoms with Gasteiger partial charge in [-0.15, -0.1) is 6.58 Å². The van der Waals surface area contributed by atoms with Gasteiger partial charge in [-0.05, 0) is 30.7 Å². The van der Waals surface area contributed by atoms with Crippen molar-refractivity contribution in [3.63, 3.8) is 0 Å². The molecule has 1 fully saturated rings. The van der Waals surface area contributed by atoms with E-state index in [2.05, 4.69) is 11.9 Å². The molecule has 7 nitrogen and oxygen atoms in total. The lowest BCUT2D eigenvalue weighted by Gasteiger charge is -2.26. The van der Waals surface area contributed by atoms with Crippen LogP contribution >= 0.6 is 0 Å². The summed E-state index contributed by atoms with van der Waals surface area (Å²) in [5, 5.41) is 2.60. The van der Waals surface area contributed by atoms with Gasteiger partial charge in [0.05, 0.1) is 18.1 Å². The fraction of sp³-hybridized carbons (Fsp3) is 0.438. The number of nitrogens with one attached hydrogen (secondary N) is 1. The van der Waals surface area contributed by atoms with Crippen molar-refractivity contribution < 1.29 is 22.7 Å². The van der Waals surface area contributed by atoms with Crippen molar-refractivity contribution in [2.75, 3.05) is 39.5 Å². The number of carbonyl (C=O) groups is 1. The zero-order valence-corrected chi connectivity index (χ0v) is 14.5. The normalized spacial score (nSPS) is 15.7. The smallest absolute Gasteiger partial charge is 0.258 e. The van der Waals surface area contributed by atoms with E-state index in [0.29, 0.717) is 44.2 Å². The van der Waals surface area contributed by atoms with Crippen LogP contribution in [0.25, 0.3) is 0 Å². The lowest BCUT2D eigenvalue weighted by molar-refractivity contribution is -0.122. The lowest BCUT2D eigenvalue weighted by Crippen LogP contribution is -2.40. The zero-order valence-electron chi connectivity index (χ0n) is 13.7. The average molecular weight is 354 g/mol. The van der Waals surface area contributed by atoms with Gasteiger partial charge < -0.3 is 14.8 Å². The molecular formula is C16H22N2O5S. The maximum Gasteiger partial charge on any atom is 0.258 e. The summed E-state index contributed by atoms with van der Waals surface area (Å²) in [6, 6.07) is 4.62. The topological polar surface area (TPSA) is 84.9 Å². The molecule has 1 aromatic rings. The largest absolute Gasteiger partial charge is 0.484 e. The Morgan fingerprint density at radius 3 is 2.75 bits per heavy atom. The molecule has 0 bridgehead atoms. The number of amides is 1. The Hall–Kier alpha value is -1.90. The van der Waals surface area contributed by atoms with Crippen LogP contribution in [0.3, 0.4) is 0 Å². The Balaban J connectivity index is 2.06. The lowest BCUT2D eigenvalue weighted by atomic mass is 10.2. The van der Waals surface area contributed by atoms with Gasteiger partial charge in [-0.25, -0.2) is 8.42 Å². The fourth-order valence-electron chi connectivity index (χ4n) is 2.26. The van der Waals surface area contributed by atoms with Gasteiger partial charge in [-0.3, -0.25) is 4.79 Å². The first-order valence-electron chi connectivity index (χ1n) is 7.64. The van der Waals surface area contributed by atoms with E-state index in [1.54, 1.807) is 25.1 Å². The number of hydrogen-bond donors (Lipinski definition) is 1. The number of benzene rings is 1. The first-order chi connectivity index (χ1) is 11.4. The molecule has 1 N–H and O–H groups in total. The third-order valence-corrected chi connectivity index (χ3v) is 5.45. The van der Waals surface area contributed by atoms with E-state index in [0.717, 1.165) is 0 Å². The summed E-state index contributed by atoms with van der Waals surface area (Å²) in [4.78, 5) is 11.7. The second-order valence-electron chi connectivity index (χ2n) is 5.33. The number of nitrogens with zero attached hydrogens (tertiary/aromatic N) is 1. The first kappa shape index (κ1) is 18.4. The highest BCUT2D eigenvalue weighted by atomic mass is 32.2. The predicted molar refractivity (Wildman–Crippen MR) is 89.5 cm³/mol. The Bertz CT molecular complexity index is 696. The molecule has 1 saturated heterocycles. The van der Waals surface area contributed by atoms with Crippen LogP contribution in [0.4, 0.5) is 0 Å². The molecule has 132 valence electrons. The number of hydrogen-bond acceptors (Lipinski definition) is 5. The van der Waals surface area contributed by atoms with Crippen LogP contribution < -0.4 is 10.1 Å². The Morgan fingerprint density at radius 1 is 1.42 bits per heavy atom.